The van der Waals surface area contributed by atoms with Crippen LogP contribution in [0, 0.1) is 0 Å². The summed E-state index contributed by atoms with van der Waals surface area (Å²) >= 11 is 0. The van der Waals surface area contributed by atoms with E-state index in [1.165, 1.54) is 0 Å². The number of nitrogens with one attached hydrogen (secondary N) is 1. The van der Waals surface area contributed by atoms with Crippen LogP contribution in [0.2, 0.25) is 0 Å². The molecule has 1 N–H and O–H groups in total. The van der Waals surface area contributed by atoms with Crippen molar-refractivity contribution in [1.29, 1.82) is 0 Å². The minimum atomic E-state index is 0.282. The van der Waals surface area contributed by atoms with Crippen molar-refractivity contribution in [1.82, 2.24) is 5.32 Å². The van der Waals surface area contributed by atoms with Crippen LogP contribution in [-0.4, -0.2) is 33.7 Å². The fourth-order valence-electron chi connectivity index (χ4n) is 1.96. The highest BCUT2D eigenvalue weighted by Gasteiger charge is 2.17. The molecule has 0 aromatic heterocycles. The van der Waals surface area contributed by atoms with Gasteiger partial charge in [-0.2, -0.15) is 0 Å². The number of hydrogen-bond acceptors (Lipinski definition) is 5. The molecule has 1 aromatic rings. The van der Waals surface area contributed by atoms with E-state index in [0.29, 0.717) is 6.61 Å². The molecule has 0 amide bonds. The molecular weight excluding hydrogens is 258 g/mol. The van der Waals surface area contributed by atoms with Gasteiger partial charge in [0.2, 0.25) is 6.79 Å². The number of methoxy groups -OCH3 is 1. The van der Waals surface area contributed by atoms with Crippen LogP contribution in [0.15, 0.2) is 12.1 Å². The van der Waals surface area contributed by atoms with Crippen LogP contribution < -0.4 is 19.5 Å². The SMILES string of the molecule is CCCCOc1cc2c(cc1CNCCOC)OCO2. The summed E-state index contributed by atoms with van der Waals surface area (Å²) in [6.07, 6.45) is 2.16. The molecule has 1 aromatic carbocycles. The first-order valence-corrected chi connectivity index (χ1v) is 7.10. The van der Waals surface area contributed by atoms with E-state index in [1.807, 2.05) is 12.1 Å². The Bertz CT molecular complexity index is 423. The zero-order chi connectivity index (χ0) is 14.2. The Morgan fingerprint density at radius 3 is 2.75 bits per heavy atom. The fourth-order valence-corrected chi connectivity index (χ4v) is 1.96. The summed E-state index contributed by atoms with van der Waals surface area (Å²) in [5, 5.41) is 3.32. The van der Waals surface area contributed by atoms with Crippen LogP contribution in [-0.2, 0) is 11.3 Å². The summed E-state index contributed by atoms with van der Waals surface area (Å²) < 4.78 is 21.7. The molecular formula is C15H23NO4. The fraction of sp³-hybridized carbons (Fsp3) is 0.600. The molecule has 5 nitrogen and oxygen atoms in total. The Kier molecular flexibility index (Phi) is 5.95. The zero-order valence-corrected chi connectivity index (χ0v) is 12.2. The zero-order valence-electron chi connectivity index (χ0n) is 12.2. The molecule has 0 saturated heterocycles. The maximum atomic E-state index is 5.85. The minimum Gasteiger partial charge on any atom is -0.493 e. The number of ether oxygens (including phenoxy) is 4. The molecule has 1 heterocycles. The summed E-state index contributed by atoms with van der Waals surface area (Å²) in [5.41, 5.74) is 1.08. The normalized spacial score (nSPS) is 12.7. The highest BCUT2D eigenvalue weighted by molar-refractivity contribution is 5.51. The molecule has 112 valence electrons. The van der Waals surface area contributed by atoms with Crippen LogP contribution in [0.3, 0.4) is 0 Å². The average molecular weight is 281 g/mol. The lowest BCUT2D eigenvalue weighted by molar-refractivity contribution is 0.173. The molecule has 1 aliphatic heterocycles. The molecule has 1 aliphatic rings. The topological polar surface area (TPSA) is 49.0 Å². The second kappa shape index (κ2) is 7.97. The van der Waals surface area contributed by atoms with E-state index in [1.54, 1.807) is 7.11 Å². The predicted molar refractivity (Wildman–Crippen MR) is 76.6 cm³/mol. The van der Waals surface area contributed by atoms with Gasteiger partial charge in [0, 0.05) is 31.8 Å². The van der Waals surface area contributed by atoms with Crippen molar-refractivity contribution < 1.29 is 18.9 Å². The van der Waals surface area contributed by atoms with Gasteiger partial charge in [0.05, 0.1) is 13.2 Å². The van der Waals surface area contributed by atoms with E-state index in [4.69, 9.17) is 18.9 Å². The first-order valence-electron chi connectivity index (χ1n) is 7.10. The van der Waals surface area contributed by atoms with Gasteiger partial charge in [0.25, 0.3) is 0 Å². The van der Waals surface area contributed by atoms with E-state index >= 15 is 0 Å². The number of hydrogen-bond donors (Lipinski definition) is 1. The van der Waals surface area contributed by atoms with Gasteiger partial charge in [-0.25, -0.2) is 0 Å². The molecule has 0 fully saturated rings. The van der Waals surface area contributed by atoms with Crippen molar-refractivity contribution in [3.05, 3.63) is 17.7 Å². The van der Waals surface area contributed by atoms with E-state index in [2.05, 4.69) is 12.2 Å². The summed E-state index contributed by atoms with van der Waals surface area (Å²) in [6.45, 7) is 5.37. The Labute approximate surface area is 120 Å². The molecule has 5 heteroatoms. The third-order valence-corrected chi connectivity index (χ3v) is 3.11. The summed E-state index contributed by atoms with van der Waals surface area (Å²) in [7, 11) is 1.70. The number of fused-ring (bicyclic) bond motifs is 1. The lowest BCUT2D eigenvalue weighted by Crippen LogP contribution is -2.19. The lowest BCUT2D eigenvalue weighted by Gasteiger charge is -2.13. The molecule has 0 unspecified atom stereocenters. The van der Waals surface area contributed by atoms with Gasteiger partial charge in [-0.1, -0.05) is 13.3 Å². The van der Waals surface area contributed by atoms with E-state index in [0.717, 1.165) is 55.4 Å². The molecule has 0 aliphatic carbocycles. The molecule has 0 bridgehead atoms. The number of benzene rings is 1. The van der Waals surface area contributed by atoms with Crippen LogP contribution in [0.5, 0.6) is 17.2 Å². The van der Waals surface area contributed by atoms with Crippen molar-refractivity contribution in [2.75, 3.05) is 33.7 Å². The van der Waals surface area contributed by atoms with E-state index < -0.39 is 0 Å². The summed E-state index contributed by atoms with van der Waals surface area (Å²) in [5.74, 6) is 2.42. The molecule has 2 rings (SSSR count). The number of unbranched alkanes of at least 4 members (excludes halogenated alkanes) is 1. The van der Waals surface area contributed by atoms with Gasteiger partial charge in [-0.15, -0.1) is 0 Å². The molecule has 20 heavy (non-hydrogen) atoms. The Balaban J connectivity index is 2.01. The second-order valence-corrected chi connectivity index (χ2v) is 4.68. The average Bonchev–Trinajstić information content (AvgIpc) is 2.91. The Morgan fingerprint density at radius 1 is 1.20 bits per heavy atom. The minimum absolute atomic E-state index is 0.282. The quantitative estimate of drug-likeness (QED) is 0.704. The summed E-state index contributed by atoms with van der Waals surface area (Å²) in [4.78, 5) is 0. The van der Waals surface area contributed by atoms with Crippen LogP contribution in [0.25, 0.3) is 0 Å². The summed E-state index contributed by atoms with van der Waals surface area (Å²) in [6, 6.07) is 3.91. The molecule has 0 radical (unpaired) electrons. The first-order chi connectivity index (χ1) is 9.85. The number of rotatable bonds is 9. The molecule has 0 atom stereocenters. The molecule has 0 spiro atoms. The van der Waals surface area contributed by atoms with Crippen molar-refractivity contribution in [2.45, 2.75) is 26.3 Å². The lowest BCUT2D eigenvalue weighted by atomic mass is 10.1. The van der Waals surface area contributed by atoms with Gasteiger partial charge in [-0.05, 0) is 12.5 Å². The second-order valence-electron chi connectivity index (χ2n) is 4.68. The highest BCUT2D eigenvalue weighted by atomic mass is 16.7. The monoisotopic (exact) mass is 281 g/mol. The first kappa shape index (κ1) is 14.9. The smallest absolute Gasteiger partial charge is 0.231 e. The third-order valence-electron chi connectivity index (χ3n) is 3.11. The largest absolute Gasteiger partial charge is 0.493 e. The standard InChI is InChI=1S/C15H23NO4/c1-3-4-6-18-13-9-15-14(19-11-20-15)8-12(13)10-16-5-7-17-2/h8-9,16H,3-7,10-11H2,1-2H3. The third kappa shape index (κ3) is 4.02. The van der Waals surface area contributed by atoms with Gasteiger partial charge < -0.3 is 24.3 Å². The van der Waals surface area contributed by atoms with Crippen LogP contribution in [0.4, 0.5) is 0 Å². The Hall–Kier alpha value is -1.46. The van der Waals surface area contributed by atoms with Gasteiger partial charge >= 0.3 is 0 Å². The Morgan fingerprint density at radius 2 is 2.00 bits per heavy atom. The highest BCUT2D eigenvalue weighted by Crippen LogP contribution is 2.38. The predicted octanol–water partition coefficient (Wildman–Crippen LogP) is 2.33. The van der Waals surface area contributed by atoms with Crippen LogP contribution >= 0.6 is 0 Å². The van der Waals surface area contributed by atoms with Gasteiger partial charge in [-0.3, -0.25) is 0 Å². The van der Waals surface area contributed by atoms with Crippen LogP contribution in [0.1, 0.15) is 25.3 Å². The van der Waals surface area contributed by atoms with Gasteiger partial charge in [0.15, 0.2) is 11.5 Å². The maximum Gasteiger partial charge on any atom is 0.231 e. The maximum absolute atomic E-state index is 5.85. The molecule has 0 saturated carbocycles. The van der Waals surface area contributed by atoms with Crippen molar-refractivity contribution in [3.8, 4) is 17.2 Å². The van der Waals surface area contributed by atoms with Crippen molar-refractivity contribution in [3.63, 3.8) is 0 Å². The van der Waals surface area contributed by atoms with E-state index in [-0.39, 0.29) is 6.79 Å². The van der Waals surface area contributed by atoms with E-state index in [9.17, 15) is 0 Å². The van der Waals surface area contributed by atoms with Crippen molar-refractivity contribution in [2.24, 2.45) is 0 Å². The van der Waals surface area contributed by atoms with Crippen molar-refractivity contribution >= 4 is 0 Å². The van der Waals surface area contributed by atoms with Gasteiger partial charge in [0.1, 0.15) is 5.75 Å².